The van der Waals surface area contributed by atoms with Crippen LogP contribution in [0.4, 0.5) is 4.39 Å². The standard InChI is InChI=1S/C14H17FO5S/c1-3-21(18,19)12-11(9-4-6-10(15)7-5-9)14(12,8-20-2)13(16)17/h4-7,11-12H,3,8H2,1-2H3,(H,16,17)/t11-,12+,14-/m1/s1. The zero-order valence-electron chi connectivity index (χ0n) is 11.7. The van der Waals surface area contributed by atoms with Gasteiger partial charge in [0.2, 0.25) is 0 Å². The molecule has 1 saturated carbocycles. The van der Waals surface area contributed by atoms with Crippen LogP contribution in [0.25, 0.3) is 0 Å². The third kappa shape index (κ3) is 2.44. The number of carboxylic acid groups (broad SMARTS) is 1. The minimum atomic E-state index is -3.56. The van der Waals surface area contributed by atoms with Gasteiger partial charge in [0.25, 0.3) is 0 Å². The number of aliphatic carboxylic acids is 1. The highest BCUT2D eigenvalue weighted by atomic mass is 32.2. The van der Waals surface area contributed by atoms with Gasteiger partial charge in [0.1, 0.15) is 11.2 Å². The van der Waals surface area contributed by atoms with Crippen LogP contribution < -0.4 is 0 Å². The van der Waals surface area contributed by atoms with Gasteiger partial charge in [-0.1, -0.05) is 19.1 Å². The minimum absolute atomic E-state index is 0.145. The Balaban J connectivity index is 2.51. The van der Waals surface area contributed by atoms with Gasteiger partial charge in [-0.25, -0.2) is 12.8 Å². The first-order valence-corrected chi connectivity index (χ1v) is 8.22. The molecule has 1 N–H and O–H groups in total. The van der Waals surface area contributed by atoms with E-state index in [-0.39, 0.29) is 12.4 Å². The number of hydrogen-bond acceptors (Lipinski definition) is 4. The van der Waals surface area contributed by atoms with Gasteiger partial charge in [-0.3, -0.25) is 4.79 Å². The Morgan fingerprint density at radius 1 is 1.38 bits per heavy atom. The van der Waals surface area contributed by atoms with Gasteiger partial charge in [0, 0.05) is 18.8 Å². The van der Waals surface area contributed by atoms with Crippen LogP contribution >= 0.6 is 0 Å². The smallest absolute Gasteiger partial charge is 0.314 e. The van der Waals surface area contributed by atoms with E-state index < -0.39 is 38.2 Å². The molecule has 1 aromatic rings. The second kappa shape index (κ2) is 5.38. The van der Waals surface area contributed by atoms with E-state index in [1.807, 2.05) is 0 Å². The number of rotatable bonds is 6. The zero-order valence-corrected chi connectivity index (χ0v) is 12.6. The lowest BCUT2D eigenvalue weighted by Gasteiger charge is -2.11. The number of halogens is 1. The molecule has 0 amide bonds. The summed E-state index contributed by atoms with van der Waals surface area (Å²) in [5.41, 5.74) is -1.00. The molecule has 1 aromatic carbocycles. The molecule has 2 rings (SSSR count). The number of ether oxygens (including phenoxy) is 1. The topological polar surface area (TPSA) is 80.7 Å². The van der Waals surface area contributed by atoms with Crippen LogP contribution in [-0.4, -0.2) is 44.2 Å². The molecule has 0 saturated heterocycles. The Labute approximate surface area is 122 Å². The van der Waals surface area contributed by atoms with Gasteiger partial charge in [-0.2, -0.15) is 0 Å². The van der Waals surface area contributed by atoms with Gasteiger partial charge in [0.15, 0.2) is 9.84 Å². The van der Waals surface area contributed by atoms with Crippen LogP contribution in [0.3, 0.4) is 0 Å². The molecule has 116 valence electrons. The molecule has 0 aliphatic heterocycles. The quantitative estimate of drug-likeness (QED) is 0.859. The van der Waals surface area contributed by atoms with Crippen molar-refractivity contribution < 1.29 is 27.4 Å². The van der Waals surface area contributed by atoms with E-state index in [1.165, 1.54) is 38.3 Å². The molecule has 0 spiro atoms. The first kappa shape index (κ1) is 15.9. The highest BCUT2D eigenvalue weighted by Crippen LogP contribution is 2.63. The van der Waals surface area contributed by atoms with Crippen LogP contribution in [0, 0.1) is 11.2 Å². The summed E-state index contributed by atoms with van der Waals surface area (Å²) >= 11 is 0. The summed E-state index contributed by atoms with van der Waals surface area (Å²) in [6.45, 7) is 1.28. The summed E-state index contributed by atoms with van der Waals surface area (Å²) in [4.78, 5) is 11.7. The number of sulfone groups is 1. The summed E-state index contributed by atoms with van der Waals surface area (Å²) in [6.07, 6.45) is 0. The van der Waals surface area contributed by atoms with E-state index in [1.54, 1.807) is 0 Å². The highest BCUT2D eigenvalue weighted by Gasteiger charge is 2.75. The Bertz CT molecular complexity index is 640. The van der Waals surface area contributed by atoms with Crippen LogP contribution in [0.1, 0.15) is 18.4 Å². The zero-order chi connectivity index (χ0) is 15.8. The van der Waals surface area contributed by atoms with Crippen LogP contribution in [0.15, 0.2) is 24.3 Å². The van der Waals surface area contributed by atoms with Crippen molar-refractivity contribution in [1.82, 2.24) is 0 Å². The Morgan fingerprint density at radius 2 is 1.95 bits per heavy atom. The van der Waals surface area contributed by atoms with Crippen molar-refractivity contribution in [2.24, 2.45) is 5.41 Å². The Morgan fingerprint density at radius 3 is 2.38 bits per heavy atom. The monoisotopic (exact) mass is 316 g/mol. The average Bonchev–Trinajstić information content (AvgIpc) is 3.11. The molecule has 5 nitrogen and oxygen atoms in total. The lowest BCUT2D eigenvalue weighted by atomic mass is 10.00. The van der Waals surface area contributed by atoms with E-state index in [4.69, 9.17) is 4.74 Å². The summed E-state index contributed by atoms with van der Waals surface area (Å²) in [6, 6.07) is 5.25. The molecule has 0 aromatic heterocycles. The van der Waals surface area contributed by atoms with Crippen molar-refractivity contribution in [2.75, 3.05) is 19.5 Å². The SMILES string of the molecule is CCS(=O)(=O)[C@H]1[C@@H](c2ccc(F)cc2)[C@@]1(COC)C(=O)O. The summed E-state index contributed by atoms with van der Waals surface area (Å²) in [7, 11) is -2.23. The number of methoxy groups -OCH3 is 1. The molecule has 0 unspecified atom stereocenters. The fourth-order valence-electron chi connectivity index (χ4n) is 2.98. The lowest BCUT2D eigenvalue weighted by Crippen LogP contribution is -2.29. The number of carboxylic acids is 1. The van der Waals surface area contributed by atoms with Crippen molar-refractivity contribution in [3.05, 3.63) is 35.6 Å². The number of benzene rings is 1. The average molecular weight is 316 g/mol. The predicted octanol–water partition coefficient (Wildman–Crippen LogP) is 1.44. The summed E-state index contributed by atoms with van der Waals surface area (Å²) in [5.74, 6) is -2.53. The molecule has 3 atom stereocenters. The third-order valence-electron chi connectivity index (χ3n) is 4.06. The summed E-state index contributed by atoms with van der Waals surface area (Å²) in [5, 5.41) is 8.49. The normalized spacial score (nSPS) is 28.3. The molecular formula is C14H17FO5S. The maximum absolute atomic E-state index is 13.0. The first-order chi connectivity index (χ1) is 9.81. The van der Waals surface area contributed by atoms with E-state index in [2.05, 4.69) is 0 Å². The largest absolute Gasteiger partial charge is 0.481 e. The van der Waals surface area contributed by atoms with Crippen molar-refractivity contribution >= 4 is 15.8 Å². The third-order valence-corrected chi connectivity index (χ3v) is 6.33. The van der Waals surface area contributed by atoms with Crippen LogP contribution in [0.2, 0.25) is 0 Å². The fourth-order valence-corrected chi connectivity index (χ4v) is 5.03. The number of carbonyl (C=O) groups is 1. The van der Waals surface area contributed by atoms with Crippen LogP contribution in [-0.2, 0) is 19.4 Å². The molecule has 0 bridgehead atoms. The summed E-state index contributed by atoms with van der Waals surface area (Å²) < 4.78 is 42.4. The molecule has 21 heavy (non-hydrogen) atoms. The van der Waals surface area contributed by atoms with Gasteiger partial charge in [-0.05, 0) is 17.7 Å². The molecular weight excluding hydrogens is 299 g/mol. The van der Waals surface area contributed by atoms with Gasteiger partial charge in [-0.15, -0.1) is 0 Å². The number of hydrogen-bond donors (Lipinski definition) is 1. The maximum Gasteiger partial charge on any atom is 0.314 e. The lowest BCUT2D eigenvalue weighted by molar-refractivity contribution is -0.145. The maximum atomic E-state index is 13.0. The van der Waals surface area contributed by atoms with E-state index >= 15 is 0 Å². The van der Waals surface area contributed by atoms with Crippen molar-refractivity contribution in [3.8, 4) is 0 Å². The first-order valence-electron chi connectivity index (χ1n) is 6.50. The molecule has 1 fully saturated rings. The molecule has 1 aliphatic carbocycles. The fraction of sp³-hybridized carbons (Fsp3) is 0.500. The predicted molar refractivity (Wildman–Crippen MR) is 74.3 cm³/mol. The second-order valence-corrected chi connectivity index (χ2v) is 7.59. The van der Waals surface area contributed by atoms with Gasteiger partial charge in [0.05, 0.1) is 11.9 Å². The van der Waals surface area contributed by atoms with Gasteiger partial charge >= 0.3 is 5.97 Å². The Kier molecular flexibility index (Phi) is 4.08. The van der Waals surface area contributed by atoms with Crippen molar-refractivity contribution in [3.63, 3.8) is 0 Å². The van der Waals surface area contributed by atoms with E-state index in [0.717, 1.165) is 0 Å². The van der Waals surface area contributed by atoms with E-state index in [9.17, 15) is 22.7 Å². The molecule has 0 heterocycles. The highest BCUT2D eigenvalue weighted by molar-refractivity contribution is 7.92. The van der Waals surface area contributed by atoms with Crippen LogP contribution in [0.5, 0.6) is 0 Å². The molecule has 0 radical (unpaired) electrons. The van der Waals surface area contributed by atoms with Crippen molar-refractivity contribution in [1.29, 1.82) is 0 Å². The molecule has 7 heteroatoms. The molecule has 1 aliphatic rings. The van der Waals surface area contributed by atoms with E-state index in [0.29, 0.717) is 5.56 Å². The van der Waals surface area contributed by atoms with Gasteiger partial charge < -0.3 is 9.84 Å². The minimum Gasteiger partial charge on any atom is -0.481 e. The second-order valence-electron chi connectivity index (χ2n) is 5.18. The van der Waals surface area contributed by atoms with Crippen molar-refractivity contribution in [2.45, 2.75) is 18.1 Å². The Hall–Kier alpha value is -1.47.